The lowest BCUT2D eigenvalue weighted by Gasteiger charge is -2.06. The van der Waals surface area contributed by atoms with E-state index in [4.69, 9.17) is 5.73 Å². The highest BCUT2D eigenvalue weighted by Crippen LogP contribution is 2.22. The summed E-state index contributed by atoms with van der Waals surface area (Å²) in [4.78, 5) is 22.2. The van der Waals surface area contributed by atoms with Gasteiger partial charge < -0.3 is 11.1 Å². The van der Waals surface area contributed by atoms with Crippen molar-refractivity contribution in [2.24, 2.45) is 0 Å². The van der Waals surface area contributed by atoms with Crippen LogP contribution in [0.3, 0.4) is 0 Å². The molecule has 102 valence electrons. The van der Waals surface area contributed by atoms with Gasteiger partial charge in [-0.25, -0.2) is 0 Å². The second-order valence-electron chi connectivity index (χ2n) is 4.33. The minimum Gasteiger partial charge on any atom is -0.399 e. The van der Waals surface area contributed by atoms with Gasteiger partial charge in [0.1, 0.15) is 0 Å². The average Bonchev–Trinajstić information content (AvgIpc) is 2.39. The lowest BCUT2D eigenvalue weighted by Crippen LogP contribution is -2.12. The lowest BCUT2D eigenvalue weighted by molar-refractivity contribution is -0.385. The van der Waals surface area contributed by atoms with Crippen LogP contribution in [0, 0.1) is 17.0 Å². The van der Waals surface area contributed by atoms with Crippen LogP contribution in [0.25, 0.3) is 0 Å². The first kappa shape index (κ1) is 13.5. The summed E-state index contributed by atoms with van der Waals surface area (Å²) in [6, 6.07) is 10.9. The smallest absolute Gasteiger partial charge is 0.272 e. The van der Waals surface area contributed by atoms with E-state index in [1.54, 1.807) is 37.3 Å². The van der Waals surface area contributed by atoms with Gasteiger partial charge in [-0.05, 0) is 43.3 Å². The number of benzene rings is 2. The number of nitrogens with zero attached hydrogens (tertiary/aromatic N) is 1. The minimum absolute atomic E-state index is 0.0236. The van der Waals surface area contributed by atoms with Crippen molar-refractivity contribution >= 4 is 23.0 Å². The minimum atomic E-state index is -0.457. The fraction of sp³-hybridized carbons (Fsp3) is 0.0714. The third-order valence-electron chi connectivity index (χ3n) is 2.82. The number of nitro groups is 1. The van der Waals surface area contributed by atoms with Gasteiger partial charge in [-0.1, -0.05) is 0 Å². The fourth-order valence-electron chi connectivity index (χ4n) is 1.78. The SMILES string of the molecule is Cc1cc(NC(=O)c2ccc(N)cc2)ccc1[N+](=O)[O-]. The molecule has 0 spiro atoms. The van der Waals surface area contributed by atoms with Crippen LogP contribution in [-0.2, 0) is 0 Å². The van der Waals surface area contributed by atoms with E-state index in [0.29, 0.717) is 22.5 Å². The molecule has 0 bridgehead atoms. The largest absolute Gasteiger partial charge is 0.399 e. The van der Waals surface area contributed by atoms with Gasteiger partial charge in [0, 0.05) is 28.6 Å². The monoisotopic (exact) mass is 271 g/mol. The molecule has 0 saturated heterocycles. The van der Waals surface area contributed by atoms with Crippen LogP contribution in [0.4, 0.5) is 17.1 Å². The third-order valence-corrected chi connectivity index (χ3v) is 2.82. The zero-order valence-electron chi connectivity index (χ0n) is 10.8. The van der Waals surface area contributed by atoms with E-state index in [9.17, 15) is 14.9 Å². The van der Waals surface area contributed by atoms with Crippen LogP contribution in [0.5, 0.6) is 0 Å². The number of carbonyl (C=O) groups excluding carboxylic acids is 1. The van der Waals surface area contributed by atoms with Crippen LogP contribution < -0.4 is 11.1 Å². The molecule has 6 nitrogen and oxygen atoms in total. The number of nitrogens with one attached hydrogen (secondary N) is 1. The van der Waals surface area contributed by atoms with Crippen molar-refractivity contribution in [1.29, 1.82) is 0 Å². The van der Waals surface area contributed by atoms with E-state index >= 15 is 0 Å². The van der Waals surface area contributed by atoms with E-state index in [1.165, 1.54) is 12.1 Å². The molecule has 2 rings (SSSR count). The highest BCUT2D eigenvalue weighted by molar-refractivity contribution is 6.04. The molecule has 0 saturated carbocycles. The Kier molecular flexibility index (Phi) is 3.65. The Bertz CT molecular complexity index is 666. The number of rotatable bonds is 3. The second-order valence-corrected chi connectivity index (χ2v) is 4.33. The molecule has 0 atom stereocenters. The van der Waals surface area contributed by atoms with Gasteiger partial charge in [0.05, 0.1) is 4.92 Å². The van der Waals surface area contributed by atoms with Crippen molar-refractivity contribution < 1.29 is 9.72 Å². The van der Waals surface area contributed by atoms with E-state index in [1.807, 2.05) is 0 Å². The number of carbonyl (C=O) groups is 1. The summed E-state index contributed by atoms with van der Waals surface area (Å²) < 4.78 is 0. The van der Waals surface area contributed by atoms with E-state index in [2.05, 4.69) is 5.32 Å². The molecule has 6 heteroatoms. The molecule has 2 aromatic carbocycles. The van der Waals surface area contributed by atoms with Crippen LogP contribution in [0.2, 0.25) is 0 Å². The molecule has 0 heterocycles. The Balaban J connectivity index is 2.18. The Hall–Kier alpha value is -2.89. The number of nitrogens with two attached hydrogens (primary N) is 1. The van der Waals surface area contributed by atoms with E-state index in [0.717, 1.165) is 0 Å². The molecule has 0 aliphatic rings. The number of nitro benzene ring substituents is 1. The second kappa shape index (κ2) is 5.40. The third kappa shape index (κ3) is 2.92. The Morgan fingerprint density at radius 2 is 1.85 bits per heavy atom. The number of amides is 1. The molecule has 3 N–H and O–H groups in total. The number of anilines is 2. The molecule has 0 aromatic heterocycles. The summed E-state index contributed by atoms with van der Waals surface area (Å²) in [5.41, 5.74) is 7.62. The van der Waals surface area contributed by atoms with Gasteiger partial charge in [0.15, 0.2) is 0 Å². The molecular formula is C14H13N3O3. The molecule has 1 amide bonds. The number of hydrogen-bond acceptors (Lipinski definition) is 4. The Morgan fingerprint density at radius 1 is 1.20 bits per heavy atom. The summed E-state index contributed by atoms with van der Waals surface area (Å²) in [5, 5.41) is 13.4. The van der Waals surface area contributed by atoms with Crippen molar-refractivity contribution in [3.63, 3.8) is 0 Å². The van der Waals surface area contributed by atoms with E-state index in [-0.39, 0.29) is 11.6 Å². The van der Waals surface area contributed by atoms with Crippen LogP contribution in [-0.4, -0.2) is 10.8 Å². The van der Waals surface area contributed by atoms with Gasteiger partial charge >= 0.3 is 0 Å². The van der Waals surface area contributed by atoms with Crippen LogP contribution >= 0.6 is 0 Å². The molecule has 0 aliphatic carbocycles. The molecular weight excluding hydrogens is 258 g/mol. The van der Waals surface area contributed by atoms with Gasteiger partial charge in [0.25, 0.3) is 11.6 Å². The van der Waals surface area contributed by atoms with Crippen molar-refractivity contribution in [2.75, 3.05) is 11.1 Å². The van der Waals surface area contributed by atoms with Crippen molar-refractivity contribution in [2.45, 2.75) is 6.92 Å². The van der Waals surface area contributed by atoms with Crippen LogP contribution in [0.15, 0.2) is 42.5 Å². The van der Waals surface area contributed by atoms with Gasteiger partial charge in [-0.2, -0.15) is 0 Å². The fourth-order valence-corrected chi connectivity index (χ4v) is 1.78. The first-order valence-electron chi connectivity index (χ1n) is 5.89. The van der Waals surface area contributed by atoms with E-state index < -0.39 is 4.92 Å². The molecule has 2 aromatic rings. The predicted octanol–water partition coefficient (Wildman–Crippen LogP) is 2.74. The highest BCUT2D eigenvalue weighted by atomic mass is 16.6. The van der Waals surface area contributed by atoms with Gasteiger partial charge in [0.2, 0.25) is 0 Å². The summed E-state index contributed by atoms with van der Waals surface area (Å²) in [6.45, 7) is 1.62. The average molecular weight is 271 g/mol. The summed E-state index contributed by atoms with van der Waals surface area (Å²) >= 11 is 0. The summed E-state index contributed by atoms with van der Waals surface area (Å²) in [6.07, 6.45) is 0. The highest BCUT2D eigenvalue weighted by Gasteiger charge is 2.12. The quantitative estimate of drug-likeness (QED) is 0.509. The number of hydrogen-bond donors (Lipinski definition) is 2. The van der Waals surface area contributed by atoms with Gasteiger partial charge in [-0.3, -0.25) is 14.9 Å². The predicted molar refractivity (Wildman–Crippen MR) is 76.6 cm³/mol. The maximum atomic E-state index is 12.0. The summed E-state index contributed by atoms with van der Waals surface area (Å²) in [5.74, 6) is -0.293. The molecule has 0 aliphatic heterocycles. The molecule has 20 heavy (non-hydrogen) atoms. The first-order valence-corrected chi connectivity index (χ1v) is 5.89. The standard InChI is InChI=1S/C14H13N3O3/c1-9-8-12(6-7-13(9)17(19)20)16-14(18)10-2-4-11(15)5-3-10/h2-8H,15H2,1H3,(H,16,18). The maximum Gasteiger partial charge on any atom is 0.272 e. The molecule has 0 unspecified atom stereocenters. The molecule has 0 fully saturated rings. The zero-order chi connectivity index (χ0) is 14.7. The number of aryl methyl sites for hydroxylation is 1. The number of nitrogen functional groups attached to an aromatic ring is 1. The Morgan fingerprint density at radius 3 is 2.40 bits per heavy atom. The first-order chi connectivity index (χ1) is 9.47. The molecule has 0 radical (unpaired) electrons. The van der Waals surface area contributed by atoms with Crippen LogP contribution in [0.1, 0.15) is 15.9 Å². The maximum absolute atomic E-state index is 12.0. The van der Waals surface area contributed by atoms with Crippen molar-refractivity contribution in [3.8, 4) is 0 Å². The topological polar surface area (TPSA) is 98.3 Å². The van der Waals surface area contributed by atoms with Crippen molar-refractivity contribution in [3.05, 3.63) is 63.7 Å². The Labute approximate surface area is 115 Å². The normalized spacial score (nSPS) is 10.1. The van der Waals surface area contributed by atoms with Gasteiger partial charge in [-0.15, -0.1) is 0 Å². The lowest BCUT2D eigenvalue weighted by atomic mass is 10.1. The summed E-state index contributed by atoms with van der Waals surface area (Å²) in [7, 11) is 0. The van der Waals surface area contributed by atoms with Crippen molar-refractivity contribution in [1.82, 2.24) is 0 Å². The zero-order valence-corrected chi connectivity index (χ0v) is 10.8.